The van der Waals surface area contributed by atoms with Gasteiger partial charge in [-0.2, -0.15) is 5.26 Å². The third kappa shape index (κ3) is 3.95. The number of alkyl halides is 3. The number of halogens is 3. The largest absolute Gasteiger partial charge is 0.494 e. The number of nitrogens with zero attached hydrogens (tertiary/aromatic N) is 1. The molecule has 7 heteroatoms. The predicted octanol–water partition coefficient (Wildman–Crippen LogP) is 3.27. The van der Waals surface area contributed by atoms with Crippen LogP contribution in [-0.2, 0) is 4.79 Å². The topological polar surface area (TPSA) is 62.1 Å². The molecule has 0 aromatic heterocycles. The SMILES string of the molecule is CCOc1ccc(NC(=O)C(Cl)(Cl)Cl)c(C#N)c1. The van der Waals surface area contributed by atoms with Crippen molar-refractivity contribution in [1.82, 2.24) is 0 Å². The van der Waals surface area contributed by atoms with Crippen molar-refractivity contribution in [3.8, 4) is 11.8 Å². The average molecular weight is 308 g/mol. The molecule has 1 amide bonds. The molecule has 1 aromatic rings. The third-order valence-corrected chi connectivity index (χ3v) is 2.44. The van der Waals surface area contributed by atoms with Crippen molar-refractivity contribution >= 4 is 46.4 Å². The fraction of sp³-hybridized carbons (Fsp3) is 0.273. The number of ether oxygens (including phenoxy) is 1. The number of carbonyl (C=O) groups is 1. The first-order valence-electron chi connectivity index (χ1n) is 4.93. The second-order valence-electron chi connectivity index (χ2n) is 3.20. The zero-order valence-corrected chi connectivity index (χ0v) is 11.6. The smallest absolute Gasteiger partial charge is 0.276 e. The Morgan fingerprint density at radius 2 is 2.17 bits per heavy atom. The Hall–Kier alpha value is -1.15. The first-order chi connectivity index (χ1) is 8.38. The van der Waals surface area contributed by atoms with Gasteiger partial charge in [-0.25, -0.2) is 0 Å². The molecule has 0 bridgehead atoms. The number of benzene rings is 1. The van der Waals surface area contributed by atoms with E-state index in [0.29, 0.717) is 12.4 Å². The van der Waals surface area contributed by atoms with E-state index in [1.54, 1.807) is 6.07 Å². The van der Waals surface area contributed by atoms with Crippen LogP contribution in [0.3, 0.4) is 0 Å². The Balaban J connectivity index is 2.97. The second-order valence-corrected chi connectivity index (χ2v) is 5.49. The van der Waals surface area contributed by atoms with Gasteiger partial charge >= 0.3 is 0 Å². The molecule has 0 unspecified atom stereocenters. The van der Waals surface area contributed by atoms with Crippen LogP contribution in [0.1, 0.15) is 12.5 Å². The molecule has 0 saturated heterocycles. The summed E-state index contributed by atoms with van der Waals surface area (Å²) in [6.45, 7) is 2.30. The molecule has 18 heavy (non-hydrogen) atoms. The highest BCUT2D eigenvalue weighted by molar-refractivity contribution is 6.76. The second kappa shape index (κ2) is 6.14. The van der Waals surface area contributed by atoms with Gasteiger partial charge in [0, 0.05) is 0 Å². The number of amides is 1. The van der Waals surface area contributed by atoms with Crippen LogP contribution in [0.2, 0.25) is 0 Å². The van der Waals surface area contributed by atoms with Gasteiger partial charge in [-0.05, 0) is 25.1 Å². The highest BCUT2D eigenvalue weighted by Gasteiger charge is 2.31. The summed E-state index contributed by atoms with van der Waals surface area (Å²) in [4.78, 5) is 11.5. The molecule has 0 fully saturated rings. The molecule has 0 heterocycles. The van der Waals surface area contributed by atoms with Crippen molar-refractivity contribution in [3.05, 3.63) is 23.8 Å². The molecule has 1 aromatic carbocycles. The molecule has 0 aliphatic carbocycles. The number of carbonyl (C=O) groups excluding carboxylic acids is 1. The van der Waals surface area contributed by atoms with Gasteiger partial charge in [0.2, 0.25) is 0 Å². The minimum atomic E-state index is -2.08. The van der Waals surface area contributed by atoms with Gasteiger partial charge in [-0.1, -0.05) is 34.8 Å². The molecular weight excluding hydrogens is 298 g/mol. The van der Waals surface area contributed by atoms with Crippen molar-refractivity contribution in [3.63, 3.8) is 0 Å². The number of hydrogen-bond donors (Lipinski definition) is 1. The van der Waals surface area contributed by atoms with E-state index in [2.05, 4.69) is 5.32 Å². The maximum absolute atomic E-state index is 11.5. The molecule has 0 aliphatic rings. The summed E-state index contributed by atoms with van der Waals surface area (Å²) >= 11 is 16.3. The number of anilines is 1. The Morgan fingerprint density at radius 1 is 1.50 bits per heavy atom. The zero-order valence-electron chi connectivity index (χ0n) is 9.34. The molecule has 0 aliphatic heterocycles. The van der Waals surface area contributed by atoms with Crippen LogP contribution in [0, 0.1) is 11.3 Å². The van der Waals surface area contributed by atoms with Gasteiger partial charge in [0.1, 0.15) is 11.8 Å². The first-order valence-corrected chi connectivity index (χ1v) is 6.07. The highest BCUT2D eigenvalue weighted by atomic mass is 35.6. The molecule has 1 N–H and O–H groups in total. The average Bonchev–Trinajstić information content (AvgIpc) is 2.30. The molecule has 0 saturated carbocycles. The summed E-state index contributed by atoms with van der Waals surface area (Å²) in [5.41, 5.74) is 0.487. The van der Waals surface area contributed by atoms with Gasteiger partial charge in [-0.3, -0.25) is 4.79 Å². The summed E-state index contributed by atoms with van der Waals surface area (Å²) in [5.74, 6) is -0.297. The maximum Gasteiger partial charge on any atom is 0.276 e. The van der Waals surface area contributed by atoms with Crippen LogP contribution < -0.4 is 10.1 Å². The number of rotatable bonds is 3. The molecule has 1 rings (SSSR count). The Bertz CT molecular complexity index is 492. The number of nitriles is 1. The lowest BCUT2D eigenvalue weighted by Crippen LogP contribution is -2.27. The van der Waals surface area contributed by atoms with Gasteiger partial charge in [0.15, 0.2) is 0 Å². The molecule has 0 atom stereocenters. The van der Waals surface area contributed by atoms with Crippen LogP contribution in [0.5, 0.6) is 5.75 Å². The van der Waals surface area contributed by atoms with E-state index >= 15 is 0 Å². The van der Waals surface area contributed by atoms with E-state index in [9.17, 15) is 4.79 Å². The van der Waals surface area contributed by atoms with Gasteiger partial charge in [0.05, 0.1) is 17.9 Å². The maximum atomic E-state index is 11.5. The van der Waals surface area contributed by atoms with E-state index in [0.717, 1.165) is 0 Å². The highest BCUT2D eigenvalue weighted by Crippen LogP contribution is 2.29. The van der Waals surface area contributed by atoms with E-state index < -0.39 is 9.70 Å². The molecule has 0 spiro atoms. The normalized spacial score (nSPS) is 10.6. The Morgan fingerprint density at radius 3 is 2.67 bits per heavy atom. The number of hydrogen-bond acceptors (Lipinski definition) is 3. The summed E-state index contributed by atoms with van der Waals surface area (Å²) in [6, 6.07) is 6.55. The quantitative estimate of drug-likeness (QED) is 0.872. The van der Waals surface area contributed by atoms with Crippen LogP contribution in [-0.4, -0.2) is 16.3 Å². The predicted molar refractivity (Wildman–Crippen MR) is 71.2 cm³/mol. The van der Waals surface area contributed by atoms with E-state index in [4.69, 9.17) is 44.8 Å². The van der Waals surface area contributed by atoms with Crippen molar-refractivity contribution in [2.45, 2.75) is 10.7 Å². The van der Waals surface area contributed by atoms with Gasteiger partial charge < -0.3 is 10.1 Å². The van der Waals surface area contributed by atoms with Crippen molar-refractivity contribution in [2.75, 3.05) is 11.9 Å². The van der Waals surface area contributed by atoms with Crippen LogP contribution in [0.25, 0.3) is 0 Å². The van der Waals surface area contributed by atoms with Crippen LogP contribution in [0.15, 0.2) is 18.2 Å². The Labute approximate surface area is 119 Å². The summed E-state index contributed by atoms with van der Waals surface area (Å²) < 4.78 is 3.16. The third-order valence-electron chi connectivity index (χ3n) is 1.93. The lowest BCUT2D eigenvalue weighted by Gasteiger charge is -2.13. The van der Waals surface area contributed by atoms with Crippen LogP contribution in [0.4, 0.5) is 5.69 Å². The summed E-state index contributed by atoms with van der Waals surface area (Å²) in [6.07, 6.45) is 0. The summed E-state index contributed by atoms with van der Waals surface area (Å²) in [5, 5.41) is 11.3. The van der Waals surface area contributed by atoms with E-state index in [-0.39, 0.29) is 11.3 Å². The zero-order chi connectivity index (χ0) is 13.8. The first kappa shape index (κ1) is 14.9. The molecule has 0 radical (unpaired) electrons. The van der Waals surface area contributed by atoms with Crippen molar-refractivity contribution in [1.29, 1.82) is 5.26 Å². The monoisotopic (exact) mass is 306 g/mol. The molecular formula is C11H9Cl3N2O2. The number of nitrogens with one attached hydrogen (secondary N) is 1. The van der Waals surface area contributed by atoms with Crippen molar-refractivity contribution < 1.29 is 9.53 Å². The van der Waals surface area contributed by atoms with E-state index in [1.807, 2.05) is 13.0 Å². The standard InChI is InChI=1S/C11H9Cl3N2O2/c1-2-18-8-3-4-9(7(5-8)6-15)16-10(17)11(12,13)14/h3-5H,2H2,1H3,(H,16,17). The summed E-state index contributed by atoms with van der Waals surface area (Å²) in [7, 11) is 0. The van der Waals surface area contributed by atoms with Gasteiger partial charge in [0.25, 0.3) is 9.70 Å². The fourth-order valence-corrected chi connectivity index (χ4v) is 1.32. The minimum absolute atomic E-state index is 0.226. The lowest BCUT2D eigenvalue weighted by atomic mass is 10.2. The van der Waals surface area contributed by atoms with Crippen LogP contribution >= 0.6 is 34.8 Å². The minimum Gasteiger partial charge on any atom is -0.494 e. The van der Waals surface area contributed by atoms with Crippen molar-refractivity contribution in [2.24, 2.45) is 0 Å². The van der Waals surface area contributed by atoms with Gasteiger partial charge in [-0.15, -0.1) is 0 Å². The lowest BCUT2D eigenvalue weighted by molar-refractivity contribution is -0.115. The van der Waals surface area contributed by atoms with E-state index in [1.165, 1.54) is 12.1 Å². The fourth-order valence-electron chi connectivity index (χ4n) is 1.17. The molecule has 96 valence electrons. The molecule has 4 nitrogen and oxygen atoms in total. The Kier molecular flexibility index (Phi) is 5.09.